The number of carbonyl (C=O) groups is 3. The van der Waals surface area contributed by atoms with Crippen LogP contribution in [-0.4, -0.2) is 35.9 Å². The summed E-state index contributed by atoms with van der Waals surface area (Å²) >= 11 is 6.58. The summed E-state index contributed by atoms with van der Waals surface area (Å²) < 4.78 is 11.6. The van der Waals surface area contributed by atoms with E-state index in [0.717, 1.165) is 48.4 Å². The topological polar surface area (TPSA) is 84.9 Å². The van der Waals surface area contributed by atoms with Crippen LogP contribution in [0, 0.1) is 0 Å². The van der Waals surface area contributed by atoms with Gasteiger partial charge in [-0.15, -0.1) is 0 Å². The largest absolute Gasteiger partial charge is 0.493 e. The highest BCUT2D eigenvalue weighted by Gasteiger charge is 2.40. The molecule has 0 atom stereocenters. The van der Waals surface area contributed by atoms with E-state index in [0.29, 0.717) is 17.1 Å². The molecule has 0 bridgehead atoms. The molecular formula is C29H27ClN2O5. The van der Waals surface area contributed by atoms with Crippen molar-refractivity contribution in [3.05, 3.63) is 76.3 Å². The zero-order valence-corrected chi connectivity index (χ0v) is 21.2. The van der Waals surface area contributed by atoms with Gasteiger partial charge in [0.05, 0.1) is 12.1 Å². The summed E-state index contributed by atoms with van der Waals surface area (Å²) in [6, 6.07) is 16.5. The minimum Gasteiger partial charge on any atom is -0.493 e. The van der Waals surface area contributed by atoms with Crippen LogP contribution in [0.3, 0.4) is 0 Å². The number of methoxy groups -OCH3 is 1. The molecule has 0 radical (unpaired) electrons. The zero-order chi connectivity index (χ0) is 25.9. The summed E-state index contributed by atoms with van der Waals surface area (Å²) in [5, 5.41) is 4.77. The Bertz CT molecular complexity index is 1410. The van der Waals surface area contributed by atoms with Crippen molar-refractivity contribution in [3.63, 3.8) is 0 Å². The van der Waals surface area contributed by atoms with Crippen molar-refractivity contribution in [2.24, 2.45) is 0 Å². The number of urea groups is 1. The van der Waals surface area contributed by atoms with Crippen LogP contribution >= 0.6 is 11.6 Å². The summed E-state index contributed by atoms with van der Waals surface area (Å²) in [5.74, 6) is -0.596. The Morgan fingerprint density at radius 2 is 1.78 bits per heavy atom. The van der Waals surface area contributed by atoms with Crippen LogP contribution in [0.25, 0.3) is 16.8 Å². The van der Waals surface area contributed by atoms with Gasteiger partial charge >= 0.3 is 6.03 Å². The second kappa shape index (κ2) is 10.6. The van der Waals surface area contributed by atoms with E-state index in [1.54, 1.807) is 12.1 Å². The van der Waals surface area contributed by atoms with Gasteiger partial charge in [-0.25, -0.2) is 4.79 Å². The first-order chi connectivity index (χ1) is 18.0. The van der Waals surface area contributed by atoms with Crippen LogP contribution in [0.5, 0.6) is 11.5 Å². The van der Waals surface area contributed by atoms with Crippen LogP contribution in [0.1, 0.15) is 43.2 Å². The van der Waals surface area contributed by atoms with E-state index in [1.165, 1.54) is 18.1 Å². The molecule has 4 amide bonds. The monoisotopic (exact) mass is 518 g/mol. The van der Waals surface area contributed by atoms with Crippen molar-refractivity contribution < 1.29 is 23.9 Å². The number of imide groups is 2. The molecule has 1 saturated carbocycles. The van der Waals surface area contributed by atoms with Crippen molar-refractivity contribution in [2.75, 3.05) is 7.11 Å². The SMILES string of the molecule is COc1cc(C=C2C(=O)NC(=O)N(C3CCCCC3)C2=O)cc(Cl)c1OCc1cccc2ccccc12. The Balaban J connectivity index is 1.41. The van der Waals surface area contributed by atoms with E-state index in [4.69, 9.17) is 21.1 Å². The standard InChI is InChI=1S/C29H27ClN2O5/c1-36-25-16-18(14-23-27(33)31-29(35)32(28(23)34)21-11-3-2-4-12-21)15-24(30)26(25)37-17-20-10-7-9-19-8-5-6-13-22(19)20/h5-10,13-16,21H,2-4,11-12,17H2,1H3,(H,31,33,35). The fraction of sp³-hybridized carbons (Fsp3) is 0.276. The molecule has 0 spiro atoms. The Hall–Kier alpha value is -3.84. The zero-order valence-electron chi connectivity index (χ0n) is 20.5. The van der Waals surface area contributed by atoms with Gasteiger partial charge in [0.2, 0.25) is 0 Å². The first kappa shape index (κ1) is 24.8. The van der Waals surface area contributed by atoms with Gasteiger partial charge in [-0.2, -0.15) is 0 Å². The molecule has 0 aromatic heterocycles. The number of benzene rings is 3. The normalized spacial score (nSPS) is 17.8. The van der Waals surface area contributed by atoms with Crippen LogP contribution in [-0.2, 0) is 16.2 Å². The summed E-state index contributed by atoms with van der Waals surface area (Å²) in [6.45, 7) is 0.275. The highest BCUT2D eigenvalue weighted by molar-refractivity contribution is 6.33. The number of rotatable bonds is 6. The summed E-state index contributed by atoms with van der Waals surface area (Å²) in [7, 11) is 1.50. The number of carbonyl (C=O) groups excluding carboxylic acids is 3. The number of barbiturate groups is 1. The van der Waals surface area contributed by atoms with Crippen molar-refractivity contribution in [2.45, 2.75) is 44.8 Å². The smallest absolute Gasteiger partial charge is 0.331 e. The lowest BCUT2D eigenvalue weighted by atomic mass is 9.93. The van der Waals surface area contributed by atoms with Crippen LogP contribution in [0.4, 0.5) is 4.79 Å². The van der Waals surface area contributed by atoms with Gasteiger partial charge < -0.3 is 9.47 Å². The van der Waals surface area contributed by atoms with Gasteiger partial charge in [-0.05, 0) is 52.9 Å². The quantitative estimate of drug-likeness (QED) is 0.325. The molecule has 3 aromatic carbocycles. The number of fused-ring (bicyclic) bond motifs is 1. The average Bonchev–Trinajstić information content (AvgIpc) is 2.90. The van der Waals surface area contributed by atoms with Crippen molar-refractivity contribution >= 4 is 46.3 Å². The number of nitrogens with one attached hydrogen (secondary N) is 1. The molecule has 1 aliphatic carbocycles. The summed E-state index contributed by atoms with van der Waals surface area (Å²) in [4.78, 5) is 39.5. The molecule has 1 aliphatic heterocycles. The lowest BCUT2D eigenvalue weighted by Crippen LogP contribution is -2.58. The molecule has 5 rings (SSSR count). The second-order valence-electron chi connectivity index (χ2n) is 9.25. The maximum Gasteiger partial charge on any atom is 0.331 e. The highest BCUT2D eigenvalue weighted by Crippen LogP contribution is 2.38. The molecule has 8 heteroatoms. The van der Waals surface area contributed by atoms with E-state index < -0.39 is 17.8 Å². The lowest BCUT2D eigenvalue weighted by molar-refractivity contribution is -0.132. The number of amides is 4. The number of hydrogen-bond donors (Lipinski definition) is 1. The van der Waals surface area contributed by atoms with E-state index in [-0.39, 0.29) is 23.2 Å². The molecule has 3 aromatic rings. The average molecular weight is 519 g/mol. The van der Waals surface area contributed by atoms with Gasteiger partial charge in [-0.1, -0.05) is 73.3 Å². The Kier molecular flexibility index (Phi) is 7.15. The van der Waals surface area contributed by atoms with Crippen molar-refractivity contribution in [1.29, 1.82) is 0 Å². The van der Waals surface area contributed by atoms with Crippen LogP contribution < -0.4 is 14.8 Å². The van der Waals surface area contributed by atoms with E-state index in [2.05, 4.69) is 5.32 Å². The molecule has 0 unspecified atom stereocenters. The third-order valence-corrected chi connectivity index (χ3v) is 7.17. The Labute approximate surface area is 220 Å². The van der Waals surface area contributed by atoms with E-state index in [1.807, 2.05) is 42.5 Å². The summed E-state index contributed by atoms with van der Waals surface area (Å²) in [5.41, 5.74) is 1.36. The third kappa shape index (κ3) is 5.04. The highest BCUT2D eigenvalue weighted by atomic mass is 35.5. The molecule has 1 heterocycles. The van der Waals surface area contributed by atoms with Gasteiger partial charge in [0.15, 0.2) is 11.5 Å². The third-order valence-electron chi connectivity index (χ3n) is 6.89. The summed E-state index contributed by atoms with van der Waals surface area (Å²) in [6.07, 6.45) is 5.88. The van der Waals surface area contributed by atoms with Gasteiger partial charge in [0, 0.05) is 6.04 Å². The van der Waals surface area contributed by atoms with Gasteiger partial charge in [0.25, 0.3) is 11.8 Å². The molecule has 2 fully saturated rings. The molecule has 37 heavy (non-hydrogen) atoms. The van der Waals surface area contributed by atoms with Crippen LogP contribution in [0.15, 0.2) is 60.2 Å². The molecule has 190 valence electrons. The predicted octanol–water partition coefficient (Wildman–Crippen LogP) is 5.88. The number of nitrogens with zero attached hydrogens (tertiary/aromatic N) is 1. The van der Waals surface area contributed by atoms with Gasteiger partial charge in [-0.3, -0.25) is 19.8 Å². The maximum absolute atomic E-state index is 13.2. The maximum atomic E-state index is 13.2. The Morgan fingerprint density at radius 1 is 1.03 bits per heavy atom. The second-order valence-corrected chi connectivity index (χ2v) is 9.65. The molecule has 2 aliphatic rings. The first-order valence-corrected chi connectivity index (χ1v) is 12.7. The first-order valence-electron chi connectivity index (χ1n) is 12.3. The van der Waals surface area contributed by atoms with Crippen LogP contribution in [0.2, 0.25) is 5.02 Å². The Morgan fingerprint density at radius 3 is 2.57 bits per heavy atom. The lowest BCUT2D eigenvalue weighted by Gasteiger charge is -2.35. The fourth-order valence-corrected chi connectivity index (χ4v) is 5.31. The number of halogens is 1. The van der Waals surface area contributed by atoms with Crippen molar-refractivity contribution in [1.82, 2.24) is 10.2 Å². The molecular weight excluding hydrogens is 492 g/mol. The van der Waals surface area contributed by atoms with Crippen molar-refractivity contribution in [3.8, 4) is 11.5 Å². The van der Waals surface area contributed by atoms with E-state index >= 15 is 0 Å². The van der Waals surface area contributed by atoms with Gasteiger partial charge in [0.1, 0.15) is 12.2 Å². The molecule has 1 saturated heterocycles. The molecule has 7 nitrogen and oxygen atoms in total. The number of ether oxygens (including phenoxy) is 2. The minimum atomic E-state index is -0.728. The minimum absolute atomic E-state index is 0.118. The fourth-order valence-electron chi connectivity index (χ4n) is 5.04. The predicted molar refractivity (Wildman–Crippen MR) is 142 cm³/mol. The number of hydrogen-bond acceptors (Lipinski definition) is 5. The van der Waals surface area contributed by atoms with E-state index in [9.17, 15) is 14.4 Å². The molecule has 1 N–H and O–H groups in total.